The van der Waals surface area contributed by atoms with Gasteiger partial charge < -0.3 is 15.4 Å². The summed E-state index contributed by atoms with van der Waals surface area (Å²) < 4.78 is 18.2. The standard InChI is InChI=1S/C18H30FN3O/c1-5-15(4)23-17-12-14(3)8-9-16(17)13-22-18(20-6-2)21-11-7-10-19/h8-9,12,15H,5-7,10-11,13H2,1-4H3,(H2,20,21,22). The van der Waals surface area contributed by atoms with E-state index in [0.717, 1.165) is 24.3 Å². The number of aliphatic imine (C=N–C) groups is 1. The third kappa shape index (κ3) is 7.35. The first-order chi connectivity index (χ1) is 11.1. The van der Waals surface area contributed by atoms with E-state index >= 15 is 0 Å². The van der Waals surface area contributed by atoms with E-state index in [1.807, 2.05) is 6.92 Å². The van der Waals surface area contributed by atoms with E-state index in [4.69, 9.17) is 4.74 Å². The topological polar surface area (TPSA) is 45.7 Å². The van der Waals surface area contributed by atoms with Gasteiger partial charge in [-0.15, -0.1) is 0 Å². The van der Waals surface area contributed by atoms with Crippen molar-refractivity contribution in [3.05, 3.63) is 29.3 Å². The molecule has 2 N–H and O–H groups in total. The third-order valence-electron chi connectivity index (χ3n) is 3.48. The van der Waals surface area contributed by atoms with Gasteiger partial charge in [-0.3, -0.25) is 4.39 Å². The summed E-state index contributed by atoms with van der Waals surface area (Å²) in [7, 11) is 0. The number of aryl methyl sites for hydroxylation is 1. The molecule has 1 aromatic carbocycles. The van der Waals surface area contributed by atoms with Crippen LogP contribution in [0.4, 0.5) is 4.39 Å². The Bertz CT molecular complexity index is 491. The zero-order valence-corrected chi connectivity index (χ0v) is 14.8. The van der Waals surface area contributed by atoms with Gasteiger partial charge in [0.2, 0.25) is 0 Å². The normalized spacial score (nSPS) is 12.8. The van der Waals surface area contributed by atoms with Crippen LogP contribution in [0, 0.1) is 6.92 Å². The Morgan fingerprint density at radius 1 is 1.30 bits per heavy atom. The minimum atomic E-state index is -0.322. The van der Waals surface area contributed by atoms with Gasteiger partial charge in [0.15, 0.2) is 5.96 Å². The van der Waals surface area contributed by atoms with Crippen LogP contribution in [0.3, 0.4) is 0 Å². The van der Waals surface area contributed by atoms with Crippen LogP contribution in [0.15, 0.2) is 23.2 Å². The Morgan fingerprint density at radius 3 is 2.74 bits per heavy atom. The minimum Gasteiger partial charge on any atom is -0.490 e. The Hall–Kier alpha value is -1.78. The van der Waals surface area contributed by atoms with Crippen LogP contribution in [0.25, 0.3) is 0 Å². The van der Waals surface area contributed by atoms with Crippen LogP contribution in [-0.4, -0.2) is 31.8 Å². The summed E-state index contributed by atoms with van der Waals surface area (Å²) in [6.07, 6.45) is 1.62. The van der Waals surface area contributed by atoms with Crippen LogP contribution < -0.4 is 15.4 Å². The molecule has 0 fully saturated rings. The van der Waals surface area contributed by atoms with Crippen molar-refractivity contribution in [3.8, 4) is 5.75 Å². The van der Waals surface area contributed by atoms with Crippen LogP contribution in [0.2, 0.25) is 0 Å². The molecule has 1 unspecified atom stereocenters. The average Bonchev–Trinajstić information content (AvgIpc) is 2.54. The lowest BCUT2D eigenvalue weighted by Gasteiger charge is -2.17. The number of halogens is 1. The van der Waals surface area contributed by atoms with Gasteiger partial charge >= 0.3 is 0 Å². The molecule has 0 heterocycles. The van der Waals surface area contributed by atoms with Crippen molar-refractivity contribution in [2.75, 3.05) is 19.8 Å². The molecule has 0 aliphatic carbocycles. The van der Waals surface area contributed by atoms with Crippen molar-refractivity contribution in [2.24, 2.45) is 4.99 Å². The molecule has 0 amide bonds. The lowest BCUT2D eigenvalue weighted by Crippen LogP contribution is -2.37. The maximum atomic E-state index is 12.2. The monoisotopic (exact) mass is 323 g/mol. The predicted octanol–water partition coefficient (Wildman–Crippen LogP) is 3.59. The number of nitrogens with one attached hydrogen (secondary N) is 2. The molecule has 1 atom stereocenters. The van der Waals surface area contributed by atoms with E-state index < -0.39 is 0 Å². The Balaban J connectivity index is 2.81. The maximum Gasteiger partial charge on any atom is 0.191 e. The summed E-state index contributed by atoms with van der Waals surface area (Å²) in [6, 6.07) is 6.18. The number of guanidine groups is 1. The maximum absolute atomic E-state index is 12.2. The van der Waals surface area contributed by atoms with Crippen molar-refractivity contribution in [1.82, 2.24) is 10.6 Å². The van der Waals surface area contributed by atoms with Gasteiger partial charge in [0.25, 0.3) is 0 Å². The summed E-state index contributed by atoms with van der Waals surface area (Å²) in [5.74, 6) is 1.60. The van der Waals surface area contributed by atoms with E-state index in [2.05, 4.69) is 54.6 Å². The van der Waals surface area contributed by atoms with E-state index in [1.165, 1.54) is 5.56 Å². The molecule has 1 aromatic rings. The molecule has 0 aliphatic rings. The highest BCUT2D eigenvalue weighted by Gasteiger charge is 2.08. The highest BCUT2D eigenvalue weighted by atomic mass is 19.1. The second-order valence-corrected chi connectivity index (χ2v) is 5.61. The fourth-order valence-electron chi connectivity index (χ4n) is 1.98. The number of benzene rings is 1. The largest absolute Gasteiger partial charge is 0.490 e. The lowest BCUT2D eigenvalue weighted by atomic mass is 10.1. The second kappa shape index (κ2) is 10.9. The zero-order valence-electron chi connectivity index (χ0n) is 14.8. The first kappa shape index (κ1) is 19.3. The molecule has 0 spiro atoms. The molecule has 0 saturated carbocycles. The summed E-state index contributed by atoms with van der Waals surface area (Å²) in [5.41, 5.74) is 2.22. The molecule has 0 radical (unpaired) electrons. The fourth-order valence-corrected chi connectivity index (χ4v) is 1.98. The van der Waals surface area contributed by atoms with Crippen LogP contribution in [-0.2, 0) is 6.54 Å². The van der Waals surface area contributed by atoms with Crippen molar-refractivity contribution in [2.45, 2.75) is 53.2 Å². The SMILES string of the molecule is CCNC(=NCc1ccc(C)cc1OC(C)CC)NCCCF. The molecule has 1 rings (SSSR count). The van der Waals surface area contributed by atoms with E-state index in [9.17, 15) is 4.39 Å². The molecule has 0 aromatic heterocycles. The van der Waals surface area contributed by atoms with Crippen LogP contribution >= 0.6 is 0 Å². The van der Waals surface area contributed by atoms with Crippen LogP contribution in [0.5, 0.6) is 5.75 Å². The van der Waals surface area contributed by atoms with Gasteiger partial charge in [0.1, 0.15) is 5.75 Å². The smallest absolute Gasteiger partial charge is 0.191 e. The molecule has 0 aliphatic heterocycles. The second-order valence-electron chi connectivity index (χ2n) is 5.61. The Kier molecular flexibility index (Phi) is 9.10. The van der Waals surface area contributed by atoms with Crippen molar-refractivity contribution < 1.29 is 9.13 Å². The quantitative estimate of drug-likeness (QED) is 0.415. The highest BCUT2D eigenvalue weighted by molar-refractivity contribution is 5.79. The number of hydrogen-bond acceptors (Lipinski definition) is 2. The number of nitrogens with zero attached hydrogens (tertiary/aromatic N) is 1. The molecule has 4 nitrogen and oxygen atoms in total. The molecule has 0 saturated heterocycles. The van der Waals surface area contributed by atoms with Crippen molar-refractivity contribution in [3.63, 3.8) is 0 Å². The van der Waals surface area contributed by atoms with E-state index in [-0.39, 0.29) is 12.8 Å². The zero-order chi connectivity index (χ0) is 17.1. The lowest BCUT2D eigenvalue weighted by molar-refractivity contribution is 0.215. The Morgan fingerprint density at radius 2 is 2.09 bits per heavy atom. The number of alkyl halides is 1. The number of hydrogen-bond donors (Lipinski definition) is 2. The van der Waals surface area contributed by atoms with Gasteiger partial charge in [-0.2, -0.15) is 0 Å². The molecular weight excluding hydrogens is 293 g/mol. The molecule has 130 valence electrons. The van der Waals surface area contributed by atoms with Crippen molar-refractivity contribution in [1.29, 1.82) is 0 Å². The summed E-state index contributed by atoms with van der Waals surface area (Å²) in [4.78, 5) is 4.57. The summed E-state index contributed by atoms with van der Waals surface area (Å²) >= 11 is 0. The average molecular weight is 323 g/mol. The van der Waals surface area contributed by atoms with Gasteiger partial charge in [0.05, 0.1) is 19.3 Å². The summed E-state index contributed by atoms with van der Waals surface area (Å²) in [6.45, 7) is 9.79. The first-order valence-corrected chi connectivity index (χ1v) is 8.45. The van der Waals surface area contributed by atoms with Gasteiger partial charge in [-0.25, -0.2) is 4.99 Å². The fraction of sp³-hybridized carbons (Fsp3) is 0.611. The Labute approximate surface area is 139 Å². The first-order valence-electron chi connectivity index (χ1n) is 8.45. The van der Waals surface area contributed by atoms with Crippen molar-refractivity contribution >= 4 is 5.96 Å². The molecule has 23 heavy (non-hydrogen) atoms. The predicted molar refractivity (Wildman–Crippen MR) is 95.0 cm³/mol. The summed E-state index contributed by atoms with van der Waals surface area (Å²) in [5, 5.41) is 6.30. The van der Waals surface area contributed by atoms with E-state index in [0.29, 0.717) is 25.5 Å². The van der Waals surface area contributed by atoms with Gasteiger partial charge in [-0.1, -0.05) is 19.1 Å². The third-order valence-corrected chi connectivity index (χ3v) is 3.48. The number of ether oxygens (including phenoxy) is 1. The minimum absolute atomic E-state index is 0.176. The molecule has 0 bridgehead atoms. The number of rotatable bonds is 9. The van der Waals surface area contributed by atoms with Crippen LogP contribution in [0.1, 0.15) is 44.7 Å². The highest BCUT2D eigenvalue weighted by Crippen LogP contribution is 2.23. The molecular formula is C18H30FN3O. The van der Waals surface area contributed by atoms with E-state index in [1.54, 1.807) is 0 Å². The van der Waals surface area contributed by atoms with Gasteiger partial charge in [-0.05, 0) is 45.2 Å². The van der Waals surface area contributed by atoms with Gasteiger partial charge in [0, 0.05) is 18.7 Å². The molecule has 5 heteroatoms.